The topological polar surface area (TPSA) is 20.5 Å². The SMILES string of the molecule is CC1(C)c2ccccc2-c2c1ccc1c3ccccc3n(-c3ccc(N4C(c5ccccc5)=NC4C4=CCCC=C4)cc3)c21. The summed E-state index contributed by atoms with van der Waals surface area (Å²) < 4.78 is 2.48. The lowest BCUT2D eigenvalue weighted by Gasteiger charge is -2.41. The van der Waals surface area contributed by atoms with Gasteiger partial charge in [0.15, 0.2) is 6.17 Å². The standard InChI is InChI=1S/C41H33N3/c1-41(2)34-19-11-9-18-33(34)37-35(41)26-25-32-31-17-10-12-20-36(31)43(38(32)37)29-21-23-30(24-22-29)44-39(27-13-5-3-6-14-27)42-40(44)28-15-7-4-8-16-28/h3,5-7,9-26,40H,4,8H2,1-2H3. The Balaban J connectivity index is 1.22. The van der Waals surface area contributed by atoms with Crippen LogP contribution in [0.4, 0.5) is 5.69 Å². The van der Waals surface area contributed by atoms with E-state index in [1.54, 1.807) is 0 Å². The maximum absolute atomic E-state index is 5.12. The van der Waals surface area contributed by atoms with E-state index in [0.717, 1.165) is 29.9 Å². The molecule has 9 rings (SSSR count). The lowest BCUT2D eigenvalue weighted by molar-refractivity contribution is 0.661. The number of rotatable bonds is 4. The molecule has 3 aliphatic rings. The van der Waals surface area contributed by atoms with Crippen molar-refractivity contribution in [3.8, 4) is 16.8 Å². The second-order valence-corrected chi connectivity index (χ2v) is 12.7. The molecule has 0 bridgehead atoms. The van der Waals surface area contributed by atoms with Crippen LogP contribution in [0.25, 0.3) is 38.6 Å². The van der Waals surface area contributed by atoms with Crippen molar-refractivity contribution in [2.24, 2.45) is 4.99 Å². The van der Waals surface area contributed by atoms with Crippen LogP contribution < -0.4 is 4.90 Å². The maximum Gasteiger partial charge on any atom is 0.154 e. The van der Waals surface area contributed by atoms with E-state index in [-0.39, 0.29) is 11.6 Å². The number of benzene rings is 5. The zero-order valence-corrected chi connectivity index (χ0v) is 25.0. The summed E-state index contributed by atoms with van der Waals surface area (Å²) in [6, 6.07) is 42.2. The number of hydrogen-bond donors (Lipinski definition) is 0. The van der Waals surface area contributed by atoms with Gasteiger partial charge in [-0.1, -0.05) is 117 Å². The number of amidine groups is 1. The summed E-state index contributed by atoms with van der Waals surface area (Å²) in [5.74, 6) is 1.02. The minimum absolute atomic E-state index is 0.00264. The van der Waals surface area contributed by atoms with Gasteiger partial charge < -0.3 is 4.57 Å². The summed E-state index contributed by atoms with van der Waals surface area (Å²) in [4.78, 5) is 7.51. The van der Waals surface area contributed by atoms with Crippen molar-refractivity contribution < 1.29 is 0 Å². The number of allylic oxidation sites excluding steroid dienone is 2. The van der Waals surface area contributed by atoms with Gasteiger partial charge in [0, 0.05) is 38.7 Å². The van der Waals surface area contributed by atoms with Gasteiger partial charge in [-0.2, -0.15) is 0 Å². The molecule has 1 atom stereocenters. The van der Waals surface area contributed by atoms with Gasteiger partial charge in [-0.05, 0) is 65.4 Å². The number of anilines is 1. The Labute approximate surface area is 258 Å². The van der Waals surface area contributed by atoms with Crippen LogP contribution in [0.1, 0.15) is 43.4 Å². The van der Waals surface area contributed by atoms with E-state index in [1.165, 1.54) is 55.3 Å². The molecule has 0 spiro atoms. The normalized spacial score (nSPS) is 18.1. The second kappa shape index (κ2) is 9.42. The molecule has 0 saturated heterocycles. The van der Waals surface area contributed by atoms with Crippen molar-refractivity contribution in [2.45, 2.75) is 38.3 Å². The van der Waals surface area contributed by atoms with E-state index >= 15 is 0 Å². The van der Waals surface area contributed by atoms with Crippen LogP contribution >= 0.6 is 0 Å². The van der Waals surface area contributed by atoms with Gasteiger partial charge in [-0.15, -0.1) is 0 Å². The highest BCUT2D eigenvalue weighted by Crippen LogP contribution is 2.52. The summed E-state index contributed by atoms with van der Waals surface area (Å²) in [5, 5.41) is 2.59. The third-order valence-corrected chi connectivity index (χ3v) is 9.84. The van der Waals surface area contributed by atoms with Crippen LogP contribution in [0.5, 0.6) is 0 Å². The number of hydrogen-bond acceptors (Lipinski definition) is 2. The minimum atomic E-state index is -0.0484. The van der Waals surface area contributed by atoms with Gasteiger partial charge in [0.05, 0.1) is 11.0 Å². The lowest BCUT2D eigenvalue weighted by Crippen LogP contribution is -2.50. The summed E-state index contributed by atoms with van der Waals surface area (Å²) in [7, 11) is 0. The van der Waals surface area contributed by atoms with Gasteiger partial charge in [0.2, 0.25) is 0 Å². The van der Waals surface area contributed by atoms with Gasteiger partial charge in [0.25, 0.3) is 0 Å². The fourth-order valence-electron chi connectivity index (χ4n) is 7.68. The molecular weight excluding hydrogens is 534 g/mol. The molecule has 1 aliphatic heterocycles. The van der Waals surface area contributed by atoms with Gasteiger partial charge in [-0.3, -0.25) is 4.90 Å². The van der Waals surface area contributed by atoms with Crippen molar-refractivity contribution in [3.63, 3.8) is 0 Å². The molecule has 212 valence electrons. The molecule has 1 unspecified atom stereocenters. The van der Waals surface area contributed by atoms with E-state index < -0.39 is 0 Å². The quantitative estimate of drug-likeness (QED) is 0.208. The van der Waals surface area contributed by atoms with Crippen LogP contribution in [0.2, 0.25) is 0 Å². The number of para-hydroxylation sites is 1. The first kappa shape index (κ1) is 25.4. The highest BCUT2D eigenvalue weighted by Gasteiger charge is 2.38. The van der Waals surface area contributed by atoms with Gasteiger partial charge in [-0.25, -0.2) is 4.99 Å². The largest absolute Gasteiger partial charge is 0.309 e. The number of fused-ring (bicyclic) bond motifs is 7. The van der Waals surface area contributed by atoms with Gasteiger partial charge in [0.1, 0.15) is 5.84 Å². The Bertz CT molecular complexity index is 2190. The first-order valence-corrected chi connectivity index (χ1v) is 15.7. The molecule has 1 aromatic heterocycles. The van der Waals surface area contributed by atoms with Crippen LogP contribution in [-0.2, 0) is 5.41 Å². The fourth-order valence-corrected chi connectivity index (χ4v) is 7.68. The number of aromatic nitrogens is 1. The number of aliphatic imine (C=N–C) groups is 1. The highest BCUT2D eigenvalue weighted by atomic mass is 15.4. The molecule has 0 radical (unpaired) electrons. The van der Waals surface area contributed by atoms with E-state index in [9.17, 15) is 0 Å². The lowest BCUT2D eigenvalue weighted by atomic mass is 9.82. The van der Waals surface area contributed by atoms with Crippen molar-refractivity contribution >= 4 is 33.3 Å². The van der Waals surface area contributed by atoms with E-state index in [1.807, 2.05) is 0 Å². The highest BCUT2D eigenvalue weighted by molar-refractivity contribution is 6.16. The third-order valence-electron chi connectivity index (χ3n) is 9.84. The predicted octanol–water partition coefficient (Wildman–Crippen LogP) is 9.96. The summed E-state index contributed by atoms with van der Waals surface area (Å²) in [6.07, 6.45) is 9.04. The van der Waals surface area contributed by atoms with E-state index in [4.69, 9.17) is 4.99 Å². The Kier molecular flexibility index (Phi) is 5.43. The van der Waals surface area contributed by atoms with Crippen LogP contribution in [0, 0.1) is 0 Å². The van der Waals surface area contributed by atoms with E-state index in [0.29, 0.717) is 0 Å². The molecule has 6 aromatic rings. The molecule has 0 fully saturated rings. The fraction of sp³-hybridized carbons (Fsp3) is 0.146. The zero-order chi connectivity index (χ0) is 29.4. The third kappa shape index (κ3) is 3.53. The molecule has 0 N–H and O–H groups in total. The Morgan fingerprint density at radius 2 is 1.43 bits per heavy atom. The van der Waals surface area contributed by atoms with Crippen LogP contribution in [-0.4, -0.2) is 16.6 Å². The summed E-state index contributed by atoms with van der Waals surface area (Å²) >= 11 is 0. The first-order chi connectivity index (χ1) is 21.6. The van der Waals surface area contributed by atoms with E-state index in [2.05, 4.69) is 157 Å². The minimum Gasteiger partial charge on any atom is -0.309 e. The van der Waals surface area contributed by atoms with Crippen molar-refractivity contribution in [3.05, 3.63) is 156 Å². The Morgan fingerprint density at radius 3 is 2.25 bits per heavy atom. The average molecular weight is 568 g/mol. The van der Waals surface area contributed by atoms with Crippen LogP contribution in [0.3, 0.4) is 0 Å². The summed E-state index contributed by atoms with van der Waals surface area (Å²) in [5.41, 5.74) is 12.7. The Morgan fingerprint density at radius 1 is 0.682 bits per heavy atom. The molecule has 2 heterocycles. The van der Waals surface area contributed by atoms with Crippen molar-refractivity contribution in [1.82, 2.24) is 4.57 Å². The smallest absolute Gasteiger partial charge is 0.154 e. The molecule has 5 aromatic carbocycles. The summed E-state index contributed by atoms with van der Waals surface area (Å²) in [6.45, 7) is 4.72. The molecule has 0 saturated carbocycles. The predicted molar refractivity (Wildman–Crippen MR) is 184 cm³/mol. The molecular formula is C41H33N3. The Hall–Kier alpha value is -5.15. The van der Waals surface area contributed by atoms with Crippen molar-refractivity contribution in [1.29, 1.82) is 0 Å². The molecule has 2 aliphatic carbocycles. The molecule has 3 heteroatoms. The van der Waals surface area contributed by atoms with Crippen LogP contribution in [0.15, 0.2) is 144 Å². The van der Waals surface area contributed by atoms with Crippen molar-refractivity contribution in [2.75, 3.05) is 4.90 Å². The average Bonchev–Trinajstić information content (AvgIpc) is 3.51. The first-order valence-electron chi connectivity index (χ1n) is 15.7. The second-order valence-electron chi connectivity index (χ2n) is 12.7. The zero-order valence-electron chi connectivity index (χ0n) is 25.0. The molecule has 3 nitrogen and oxygen atoms in total. The van der Waals surface area contributed by atoms with Gasteiger partial charge >= 0.3 is 0 Å². The molecule has 44 heavy (non-hydrogen) atoms. The monoisotopic (exact) mass is 567 g/mol. The number of nitrogens with zero attached hydrogens (tertiary/aromatic N) is 3. The molecule has 0 amide bonds. The maximum atomic E-state index is 5.12.